The molecule has 1 aromatic heterocycles. The number of rotatable bonds is 7. The third-order valence-corrected chi connectivity index (χ3v) is 4.01. The van der Waals surface area contributed by atoms with Gasteiger partial charge in [0.25, 0.3) is 5.91 Å². The summed E-state index contributed by atoms with van der Waals surface area (Å²) in [5.41, 5.74) is 0.606. The first kappa shape index (κ1) is 17.0. The van der Waals surface area contributed by atoms with Gasteiger partial charge in [-0.3, -0.25) is 4.79 Å². The standard InChI is InChI=1S/C16H26N2O4/c1-3-21-11-14(19)10-18-7-4-13(5-8-18)17-16(20)15-6-9-22-12(15)2/h6,9,13-14,19H,3-5,7-8,10-11H2,1-2H3,(H,17,20). The van der Waals surface area contributed by atoms with Crippen molar-refractivity contribution in [1.82, 2.24) is 10.2 Å². The van der Waals surface area contributed by atoms with Gasteiger partial charge in [-0.15, -0.1) is 0 Å². The van der Waals surface area contributed by atoms with E-state index in [9.17, 15) is 9.90 Å². The second-order valence-electron chi connectivity index (χ2n) is 5.75. The molecule has 2 heterocycles. The van der Waals surface area contributed by atoms with Crippen LogP contribution in [0.15, 0.2) is 16.7 Å². The van der Waals surface area contributed by atoms with Gasteiger partial charge >= 0.3 is 0 Å². The van der Waals surface area contributed by atoms with Crippen LogP contribution in [0.5, 0.6) is 0 Å². The highest BCUT2D eigenvalue weighted by Gasteiger charge is 2.23. The van der Waals surface area contributed by atoms with Crippen LogP contribution in [-0.2, 0) is 4.74 Å². The number of amides is 1. The Morgan fingerprint density at radius 2 is 2.27 bits per heavy atom. The second-order valence-corrected chi connectivity index (χ2v) is 5.75. The first-order valence-electron chi connectivity index (χ1n) is 7.93. The normalized spacial score (nSPS) is 18.3. The summed E-state index contributed by atoms with van der Waals surface area (Å²) in [5, 5.41) is 12.9. The van der Waals surface area contributed by atoms with E-state index in [2.05, 4.69) is 10.2 Å². The SMILES string of the molecule is CCOCC(O)CN1CCC(NC(=O)c2ccoc2C)CC1. The molecule has 2 rings (SSSR count). The van der Waals surface area contributed by atoms with E-state index in [4.69, 9.17) is 9.15 Å². The molecule has 2 N–H and O–H groups in total. The minimum absolute atomic E-state index is 0.0684. The van der Waals surface area contributed by atoms with Gasteiger partial charge < -0.3 is 24.5 Å². The number of ether oxygens (including phenoxy) is 1. The maximum atomic E-state index is 12.1. The average Bonchev–Trinajstić information content (AvgIpc) is 2.93. The van der Waals surface area contributed by atoms with Gasteiger partial charge in [0.2, 0.25) is 0 Å². The van der Waals surface area contributed by atoms with E-state index >= 15 is 0 Å². The molecule has 1 aromatic rings. The summed E-state index contributed by atoms with van der Waals surface area (Å²) in [5.74, 6) is 0.579. The average molecular weight is 310 g/mol. The number of aryl methyl sites for hydroxylation is 1. The second kappa shape index (κ2) is 8.31. The third kappa shape index (κ3) is 4.83. The van der Waals surface area contributed by atoms with Gasteiger partial charge in [0, 0.05) is 32.3 Å². The van der Waals surface area contributed by atoms with Crippen molar-refractivity contribution in [2.75, 3.05) is 32.8 Å². The molecule has 1 saturated heterocycles. The van der Waals surface area contributed by atoms with Crippen LogP contribution < -0.4 is 5.32 Å². The van der Waals surface area contributed by atoms with Gasteiger partial charge in [-0.05, 0) is 32.8 Å². The van der Waals surface area contributed by atoms with Crippen LogP contribution in [0.1, 0.15) is 35.9 Å². The number of hydrogen-bond acceptors (Lipinski definition) is 5. The fraction of sp³-hybridized carbons (Fsp3) is 0.688. The Kier molecular flexibility index (Phi) is 6.42. The van der Waals surface area contributed by atoms with E-state index in [1.165, 1.54) is 6.26 Å². The van der Waals surface area contributed by atoms with Gasteiger partial charge in [0.15, 0.2) is 0 Å². The number of hydrogen-bond donors (Lipinski definition) is 2. The topological polar surface area (TPSA) is 74.9 Å². The number of carbonyl (C=O) groups excluding carboxylic acids is 1. The zero-order valence-corrected chi connectivity index (χ0v) is 13.4. The van der Waals surface area contributed by atoms with Crippen LogP contribution in [0.2, 0.25) is 0 Å². The Morgan fingerprint density at radius 3 is 2.86 bits per heavy atom. The van der Waals surface area contributed by atoms with E-state index in [0.717, 1.165) is 25.9 Å². The summed E-state index contributed by atoms with van der Waals surface area (Å²) < 4.78 is 10.4. The number of piperidine rings is 1. The molecule has 0 bridgehead atoms. The van der Waals surface area contributed by atoms with Crippen molar-refractivity contribution in [2.24, 2.45) is 0 Å². The van der Waals surface area contributed by atoms with E-state index in [1.54, 1.807) is 13.0 Å². The lowest BCUT2D eigenvalue weighted by Crippen LogP contribution is -2.47. The molecule has 1 aliphatic rings. The van der Waals surface area contributed by atoms with Crippen molar-refractivity contribution in [2.45, 2.75) is 38.8 Å². The number of likely N-dealkylation sites (tertiary alicyclic amines) is 1. The molecule has 0 aliphatic carbocycles. The summed E-state index contributed by atoms with van der Waals surface area (Å²) in [6.45, 7) is 7.09. The summed E-state index contributed by atoms with van der Waals surface area (Å²) in [6, 6.07) is 1.88. The summed E-state index contributed by atoms with van der Waals surface area (Å²) in [4.78, 5) is 14.3. The Hall–Kier alpha value is -1.37. The highest BCUT2D eigenvalue weighted by atomic mass is 16.5. The quantitative estimate of drug-likeness (QED) is 0.791. The van der Waals surface area contributed by atoms with Crippen LogP contribution in [0.25, 0.3) is 0 Å². The summed E-state index contributed by atoms with van der Waals surface area (Å²) in [7, 11) is 0. The predicted octanol–water partition coefficient (Wildman–Crippen LogP) is 1.18. The van der Waals surface area contributed by atoms with Crippen molar-refractivity contribution in [3.8, 4) is 0 Å². The van der Waals surface area contributed by atoms with Crippen LogP contribution in [0.3, 0.4) is 0 Å². The van der Waals surface area contributed by atoms with E-state index in [1.807, 2.05) is 6.92 Å². The summed E-state index contributed by atoms with van der Waals surface area (Å²) >= 11 is 0. The van der Waals surface area contributed by atoms with Crippen molar-refractivity contribution in [3.05, 3.63) is 23.7 Å². The molecule has 1 aliphatic heterocycles. The molecule has 1 atom stereocenters. The number of carbonyl (C=O) groups is 1. The zero-order chi connectivity index (χ0) is 15.9. The fourth-order valence-corrected chi connectivity index (χ4v) is 2.75. The lowest BCUT2D eigenvalue weighted by molar-refractivity contribution is 0.0161. The molecule has 124 valence electrons. The van der Waals surface area contributed by atoms with Crippen LogP contribution in [-0.4, -0.2) is 60.9 Å². The molecule has 0 radical (unpaired) electrons. The van der Waals surface area contributed by atoms with Gasteiger partial charge in [0.05, 0.1) is 24.5 Å². The van der Waals surface area contributed by atoms with Gasteiger partial charge in [-0.1, -0.05) is 0 Å². The summed E-state index contributed by atoms with van der Waals surface area (Å²) in [6.07, 6.45) is 2.88. The molecule has 6 heteroatoms. The maximum absolute atomic E-state index is 12.1. The third-order valence-electron chi connectivity index (χ3n) is 4.01. The number of aliphatic hydroxyl groups is 1. The number of furan rings is 1. The highest BCUT2D eigenvalue weighted by Crippen LogP contribution is 2.13. The van der Waals surface area contributed by atoms with Gasteiger partial charge in [0.1, 0.15) is 5.76 Å². The zero-order valence-electron chi connectivity index (χ0n) is 13.4. The monoisotopic (exact) mass is 310 g/mol. The predicted molar refractivity (Wildman–Crippen MR) is 82.9 cm³/mol. The Balaban J connectivity index is 1.71. The highest BCUT2D eigenvalue weighted by molar-refractivity contribution is 5.95. The van der Waals surface area contributed by atoms with E-state index in [-0.39, 0.29) is 11.9 Å². The fourth-order valence-electron chi connectivity index (χ4n) is 2.75. The largest absolute Gasteiger partial charge is 0.469 e. The molecule has 1 amide bonds. The first-order valence-corrected chi connectivity index (χ1v) is 7.93. The Morgan fingerprint density at radius 1 is 1.55 bits per heavy atom. The molecular formula is C16H26N2O4. The molecular weight excluding hydrogens is 284 g/mol. The number of aliphatic hydroxyl groups excluding tert-OH is 1. The van der Waals surface area contributed by atoms with Crippen molar-refractivity contribution in [1.29, 1.82) is 0 Å². The molecule has 0 aromatic carbocycles. The molecule has 1 unspecified atom stereocenters. The molecule has 1 fully saturated rings. The maximum Gasteiger partial charge on any atom is 0.255 e. The molecule has 6 nitrogen and oxygen atoms in total. The van der Waals surface area contributed by atoms with Crippen molar-refractivity contribution in [3.63, 3.8) is 0 Å². The van der Waals surface area contributed by atoms with E-state index < -0.39 is 6.10 Å². The Labute approximate surface area is 131 Å². The number of β-amino-alcohol motifs (C(OH)–C–C–N with tert-alkyl or cyclic N) is 1. The van der Waals surface area contributed by atoms with Crippen LogP contribution >= 0.6 is 0 Å². The van der Waals surface area contributed by atoms with Crippen LogP contribution in [0, 0.1) is 6.92 Å². The molecule has 0 saturated carbocycles. The molecule has 0 spiro atoms. The van der Waals surface area contributed by atoms with E-state index in [0.29, 0.717) is 31.1 Å². The number of nitrogens with zero attached hydrogens (tertiary/aromatic N) is 1. The first-order chi connectivity index (χ1) is 10.6. The van der Waals surface area contributed by atoms with Crippen molar-refractivity contribution < 1.29 is 19.1 Å². The molecule has 22 heavy (non-hydrogen) atoms. The smallest absolute Gasteiger partial charge is 0.255 e. The Bertz CT molecular complexity index is 466. The lowest BCUT2D eigenvalue weighted by Gasteiger charge is -2.33. The minimum Gasteiger partial charge on any atom is -0.469 e. The minimum atomic E-state index is -0.445. The number of nitrogens with one attached hydrogen (secondary N) is 1. The van der Waals surface area contributed by atoms with Gasteiger partial charge in [-0.2, -0.15) is 0 Å². The van der Waals surface area contributed by atoms with Crippen LogP contribution in [0.4, 0.5) is 0 Å². The lowest BCUT2D eigenvalue weighted by atomic mass is 10.0. The van der Waals surface area contributed by atoms with Gasteiger partial charge in [-0.25, -0.2) is 0 Å². The van der Waals surface area contributed by atoms with Crippen molar-refractivity contribution >= 4 is 5.91 Å².